The lowest BCUT2D eigenvalue weighted by Crippen LogP contribution is -2.30. The molecule has 2 aromatic carbocycles. The second-order valence-corrected chi connectivity index (χ2v) is 5.74. The van der Waals surface area contributed by atoms with Crippen molar-refractivity contribution < 1.29 is 14.3 Å². The molecule has 0 aliphatic rings. The van der Waals surface area contributed by atoms with Crippen LogP contribution in [-0.4, -0.2) is 38.6 Å². The summed E-state index contributed by atoms with van der Waals surface area (Å²) in [5, 5.41) is 2.91. The average molecular weight is 328 g/mol. The van der Waals surface area contributed by atoms with Crippen molar-refractivity contribution in [1.82, 2.24) is 4.90 Å². The van der Waals surface area contributed by atoms with E-state index in [0.717, 1.165) is 16.8 Å². The van der Waals surface area contributed by atoms with Crippen molar-refractivity contribution in [3.8, 4) is 11.5 Å². The molecule has 0 aliphatic heterocycles. The zero-order valence-electron chi connectivity index (χ0n) is 14.6. The Morgan fingerprint density at radius 3 is 2.54 bits per heavy atom. The third-order valence-electron chi connectivity index (χ3n) is 3.64. The van der Waals surface area contributed by atoms with E-state index in [1.165, 1.54) is 0 Å². The zero-order valence-corrected chi connectivity index (χ0v) is 14.6. The molecule has 0 spiro atoms. The summed E-state index contributed by atoms with van der Waals surface area (Å²) in [7, 11) is 5.13. The molecule has 1 N–H and O–H groups in total. The van der Waals surface area contributed by atoms with Crippen LogP contribution in [0.3, 0.4) is 0 Å². The molecule has 0 heterocycles. The van der Waals surface area contributed by atoms with E-state index in [9.17, 15) is 4.79 Å². The molecule has 0 saturated carbocycles. The largest absolute Gasteiger partial charge is 0.493 e. The third-order valence-corrected chi connectivity index (χ3v) is 3.64. The molecule has 0 aliphatic carbocycles. The molecule has 128 valence electrons. The van der Waals surface area contributed by atoms with Gasteiger partial charge in [0, 0.05) is 17.8 Å². The number of methoxy groups -OCH3 is 2. The van der Waals surface area contributed by atoms with Gasteiger partial charge in [-0.25, -0.2) is 0 Å². The molecule has 1 amide bonds. The van der Waals surface area contributed by atoms with Gasteiger partial charge in [0.05, 0.1) is 20.8 Å². The summed E-state index contributed by atoms with van der Waals surface area (Å²) in [4.78, 5) is 14.1. The highest BCUT2D eigenvalue weighted by Gasteiger charge is 2.13. The van der Waals surface area contributed by atoms with Crippen LogP contribution in [0.4, 0.5) is 5.69 Å². The predicted octanol–water partition coefficient (Wildman–Crippen LogP) is 3.08. The maximum Gasteiger partial charge on any atom is 0.238 e. The third kappa shape index (κ3) is 4.73. The summed E-state index contributed by atoms with van der Waals surface area (Å²) in [6, 6.07) is 13.5. The van der Waals surface area contributed by atoms with Crippen LogP contribution in [0.15, 0.2) is 42.5 Å². The van der Waals surface area contributed by atoms with Crippen molar-refractivity contribution in [3.63, 3.8) is 0 Å². The Labute approximate surface area is 143 Å². The van der Waals surface area contributed by atoms with Crippen LogP contribution in [0, 0.1) is 6.92 Å². The molecule has 0 unspecified atom stereocenters. The summed E-state index contributed by atoms with van der Waals surface area (Å²) >= 11 is 0. The lowest BCUT2D eigenvalue weighted by Gasteiger charge is -2.19. The van der Waals surface area contributed by atoms with E-state index in [1.807, 2.05) is 61.3 Å². The number of carbonyl (C=O) groups excluding carboxylic acids is 1. The first-order chi connectivity index (χ1) is 11.5. The number of amides is 1. The topological polar surface area (TPSA) is 50.8 Å². The summed E-state index contributed by atoms with van der Waals surface area (Å²) in [5.74, 6) is 1.34. The number of nitrogens with zero attached hydrogens (tertiary/aromatic N) is 1. The van der Waals surface area contributed by atoms with E-state index in [1.54, 1.807) is 14.2 Å². The van der Waals surface area contributed by atoms with Crippen molar-refractivity contribution in [2.75, 3.05) is 33.1 Å². The van der Waals surface area contributed by atoms with Crippen molar-refractivity contribution in [1.29, 1.82) is 0 Å². The molecule has 0 fully saturated rings. The Balaban J connectivity index is 1.98. The molecule has 0 bridgehead atoms. The Morgan fingerprint density at radius 2 is 1.88 bits per heavy atom. The number of para-hydroxylation sites is 1. The van der Waals surface area contributed by atoms with Crippen LogP contribution in [0.2, 0.25) is 0 Å². The number of carbonyl (C=O) groups is 1. The minimum absolute atomic E-state index is 0.0510. The van der Waals surface area contributed by atoms with Gasteiger partial charge >= 0.3 is 0 Å². The average Bonchev–Trinajstić information content (AvgIpc) is 2.54. The van der Waals surface area contributed by atoms with Crippen LogP contribution in [0.5, 0.6) is 11.5 Å². The SMILES string of the molecule is COc1cccc(CN(C)CC(=O)Nc2cccc(C)c2)c1OC. The molecule has 5 heteroatoms. The number of nitrogens with one attached hydrogen (secondary N) is 1. The van der Waals surface area contributed by atoms with E-state index in [2.05, 4.69) is 5.32 Å². The number of hydrogen-bond acceptors (Lipinski definition) is 4. The molecule has 0 aromatic heterocycles. The van der Waals surface area contributed by atoms with Gasteiger partial charge in [-0.05, 0) is 37.7 Å². The Morgan fingerprint density at radius 1 is 1.12 bits per heavy atom. The zero-order chi connectivity index (χ0) is 17.5. The molecule has 24 heavy (non-hydrogen) atoms. The van der Waals surface area contributed by atoms with E-state index in [4.69, 9.17) is 9.47 Å². The number of hydrogen-bond donors (Lipinski definition) is 1. The second-order valence-electron chi connectivity index (χ2n) is 5.74. The number of likely N-dealkylation sites (N-methyl/N-ethyl adjacent to an activating group) is 1. The van der Waals surface area contributed by atoms with E-state index < -0.39 is 0 Å². The minimum Gasteiger partial charge on any atom is -0.493 e. The fourth-order valence-electron chi connectivity index (χ4n) is 2.59. The molecular weight excluding hydrogens is 304 g/mol. The fourth-order valence-corrected chi connectivity index (χ4v) is 2.59. The number of rotatable bonds is 7. The summed E-state index contributed by atoms with van der Waals surface area (Å²) in [6.07, 6.45) is 0. The summed E-state index contributed by atoms with van der Waals surface area (Å²) < 4.78 is 10.7. The monoisotopic (exact) mass is 328 g/mol. The van der Waals surface area contributed by atoms with Gasteiger partial charge in [-0.2, -0.15) is 0 Å². The van der Waals surface area contributed by atoms with Crippen LogP contribution in [0.1, 0.15) is 11.1 Å². The summed E-state index contributed by atoms with van der Waals surface area (Å²) in [5.41, 5.74) is 2.90. The second kappa shape index (κ2) is 8.36. The lowest BCUT2D eigenvalue weighted by molar-refractivity contribution is -0.117. The van der Waals surface area contributed by atoms with E-state index >= 15 is 0 Å². The molecule has 0 saturated heterocycles. The molecule has 0 atom stereocenters. The highest BCUT2D eigenvalue weighted by molar-refractivity contribution is 5.92. The normalized spacial score (nSPS) is 10.5. The van der Waals surface area contributed by atoms with Crippen molar-refractivity contribution in [2.24, 2.45) is 0 Å². The fraction of sp³-hybridized carbons (Fsp3) is 0.316. The first-order valence-corrected chi connectivity index (χ1v) is 7.78. The highest BCUT2D eigenvalue weighted by atomic mass is 16.5. The summed E-state index contributed by atoms with van der Waals surface area (Å²) in [6.45, 7) is 2.87. The van der Waals surface area contributed by atoms with Crippen molar-refractivity contribution in [2.45, 2.75) is 13.5 Å². The van der Waals surface area contributed by atoms with Gasteiger partial charge < -0.3 is 14.8 Å². The van der Waals surface area contributed by atoms with Gasteiger partial charge in [-0.1, -0.05) is 24.3 Å². The van der Waals surface area contributed by atoms with Crippen molar-refractivity contribution >= 4 is 11.6 Å². The van der Waals surface area contributed by atoms with Gasteiger partial charge in [-0.3, -0.25) is 9.69 Å². The molecule has 2 aromatic rings. The molecule has 5 nitrogen and oxygen atoms in total. The van der Waals surface area contributed by atoms with Crippen LogP contribution < -0.4 is 14.8 Å². The first-order valence-electron chi connectivity index (χ1n) is 7.78. The van der Waals surface area contributed by atoms with Crippen LogP contribution in [0.25, 0.3) is 0 Å². The smallest absolute Gasteiger partial charge is 0.238 e. The number of ether oxygens (including phenoxy) is 2. The minimum atomic E-state index is -0.0510. The Kier molecular flexibility index (Phi) is 6.21. The number of benzene rings is 2. The lowest BCUT2D eigenvalue weighted by atomic mass is 10.1. The van der Waals surface area contributed by atoms with E-state index in [0.29, 0.717) is 18.0 Å². The van der Waals surface area contributed by atoms with Crippen molar-refractivity contribution in [3.05, 3.63) is 53.6 Å². The van der Waals surface area contributed by atoms with Gasteiger partial charge in [0.25, 0.3) is 0 Å². The van der Waals surface area contributed by atoms with Gasteiger partial charge in [0.2, 0.25) is 5.91 Å². The maximum absolute atomic E-state index is 12.2. The molecule has 2 rings (SSSR count). The number of anilines is 1. The highest BCUT2D eigenvalue weighted by Crippen LogP contribution is 2.31. The van der Waals surface area contributed by atoms with Gasteiger partial charge in [0.1, 0.15) is 0 Å². The predicted molar refractivity (Wildman–Crippen MR) is 95.7 cm³/mol. The molecule has 0 radical (unpaired) electrons. The first kappa shape index (κ1) is 17.8. The maximum atomic E-state index is 12.2. The van der Waals surface area contributed by atoms with E-state index in [-0.39, 0.29) is 12.5 Å². The quantitative estimate of drug-likeness (QED) is 0.848. The van der Waals surface area contributed by atoms with Crippen LogP contribution >= 0.6 is 0 Å². The Hall–Kier alpha value is -2.53. The van der Waals surface area contributed by atoms with Gasteiger partial charge in [0.15, 0.2) is 11.5 Å². The molecular formula is C19H24N2O3. The van der Waals surface area contributed by atoms with Gasteiger partial charge in [-0.15, -0.1) is 0 Å². The standard InChI is InChI=1S/C19H24N2O3/c1-14-7-5-9-16(11-14)20-18(22)13-21(2)12-15-8-6-10-17(23-3)19(15)24-4/h5-11H,12-13H2,1-4H3,(H,20,22). The number of aryl methyl sites for hydroxylation is 1. The van der Waals surface area contributed by atoms with Crippen LogP contribution in [-0.2, 0) is 11.3 Å². The Bertz CT molecular complexity index is 701.